The fraction of sp³-hybridized carbons (Fsp3) is 0.407. The quantitative estimate of drug-likeness (QED) is 0.393. The monoisotopic (exact) mass is 539 g/mol. The van der Waals surface area contributed by atoms with E-state index in [2.05, 4.69) is 43.9 Å². The van der Waals surface area contributed by atoms with Gasteiger partial charge in [0.2, 0.25) is 0 Å². The van der Waals surface area contributed by atoms with Gasteiger partial charge in [-0.1, -0.05) is 42.1 Å². The highest BCUT2D eigenvalue weighted by Crippen LogP contribution is 2.28. The van der Waals surface area contributed by atoms with E-state index in [1.807, 2.05) is 12.3 Å². The maximum absolute atomic E-state index is 13.2. The average molecular weight is 540 g/mol. The third kappa shape index (κ3) is 6.38. The molecule has 1 amide bonds. The number of hydrogen-bond donors (Lipinski definition) is 3. The van der Waals surface area contributed by atoms with E-state index in [9.17, 15) is 4.79 Å². The van der Waals surface area contributed by atoms with Crippen LogP contribution in [0.3, 0.4) is 0 Å². The Kier molecular flexibility index (Phi) is 8.20. The molecule has 194 valence electrons. The van der Waals surface area contributed by atoms with Gasteiger partial charge < -0.3 is 20.9 Å². The smallest absolute Gasteiger partial charge is 0.261 e. The van der Waals surface area contributed by atoms with Gasteiger partial charge in [0.1, 0.15) is 17.1 Å². The molecule has 1 aliphatic heterocycles. The summed E-state index contributed by atoms with van der Waals surface area (Å²) in [4.78, 5) is 29.5. The van der Waals surface area contributed by atoms with Gasteiger partial charge in [0.05, 0.1) is 10.7 Å². The van der Waals surface area contributed by atoms with Gasteiger partial charge in [-0.05, 0) is 56.1 Å². The molecule has 3 aromatic rings. The molecule has 0 spiro atoms. The number of amides is 1. The lowest BCUT2D eigenvalue weighted by atomic mass is 10.0. The van der Waals surface area contributed by atoms with Gasteiger partial charge in [-0.2, -0.15) is 0 Å². The molecule has 8 nitrogen and oxygen atoms in total. The summed E-state index contributed by atoms with van der Waals surface area (Å²) in [6, 6.07) is 9.70. The predicted octanol–water partition coefficient (Wildman–Crippen LogP) is 4.90. The van der Waals surface area contributed by atoms with E-state index in [4.69, 9.17) is 28.2 Å². The van der Waals surface area contributed by atoms with Gasteiger partial charge in [0.25, 0.3) is 5.91 Å². The molecule has 2 fully saturated rings. The van der Waals surface area contributed by atoms with Crippen molar-refractivity contribution in [1.29, 1.82) is 0 Å². The minimum Gasteiger partial charge on any atom is -0.367 e. The molecular formula is C27H31Cl2N7O. The SMILES string of the molecule is CN1CCNCC1Cc1ccc(-c2ncc(C(=O)Nc3ccc(Cl)cc3Cl)c(NC3CCCC3)n2)nc1. The number of benzene rings is 1. The summed E-state index contributed by atoms with van der Waals surface area (Å²) < 4.78 is 0. The van der Waals surface area contributed by atoms with Gasteiger partial charge in [0.15, 0.2) is 5.82 Å². The standard InChI is InChI=1S/C27H31Cl2N7O/c1-36-11-10-30-15-20(36)12-17-6-8-24(31-14-17)26-32-16-21(25(35-26)33-19-4-2-3-5-19)27(37)34-23-9-7-18(28)13-22(23)29/h6-9,13-14,16,19-20,30H,2-5,10-12,15H2,1H3,(H,34,37)(H,32,33,35). The van der Waals surface area contributed by atoms with Gasteiger partial charge in [-0.25, -0.2) is 9.97 Å². The summed E-state index contributed by atoms with van der Waals surface area (Å²) in [5.74, 6) is 0.634. The van der Waals surface area contributed by atoms with E-state index in [-0.39, 0.29) is 11.9 Å². The van der Waals surface area contributed by atoms with Crippen molar-refractivity contribution >= 4 is 40.6 Å². The van der Waals surface area contributed by atoms with Crippen LogP contribution in [0.2, 0.25) is 10.0 Å². The van der Waals surface area contributed by atoms with Crippen molar-refractivity contribution in [1.82, 2.24) is 25.2 Å². The van der Waals surface area contributed by atoms with Gasteiger partial charge >= 0.3 is 0 Å². The number of halogens is 2. The van der Waals surface area contributed by atoms with Crippen LogP contribution in [0.5, 0.6) is 0 Å². The number of nitrogens with one attached hydrogen (secondary N) is 3. The fourth-order valence-electron chi connectivity index (χ4n) is 4.87. The highest BCUT2D eigenvalue weighted by atomic mass is 35.5. The van der Waals surface area contributed by atoms with E-state index in [1.54, 1.807) is 24.4 Å². The Morgan fingerprint density at radius 3 is 2.70 bits per heavy atom. The molecule has 10 heteroatoms. The first-order valence-electron chi connectivity index (χ1n) is 12.7. The number of carbonyl (C=O) groups excluding carboxylic acids is 1. The van der Waals surface area contributed by atoms with Crippen molar-refractivity contribution in [3.63, 3.8) is 0 Å². The second-order valence-corrected chi connectivity index (χ2v) is 10.6. The second kappa shape index (κ2) is 11.7. The van der Waals surface area contributed by atoms with Crippen molar-refractivity contribution < 1.29 is 4.79 Å². The normalized spacial score (nSPS) is 18.6. The van der Waals surface area contributed by atoms with Crippen molar-refractivity contribution in [3.8, 4) is 11.5 Å². The van der Waals surface area contributed by atoms with Crippen molar-refractivity contribution in [2.45, 2.75) is 44.2 Å². The zero-order valence-electron chi connectivity index (χ0n) is 20.8. The van der Waals surface area contributed by atoms with Gasteiger partial charge in [-0.15, -0.1) is 0 Å². The Balaban J connectivity index is 1.37. The zero-order chi connectivity index (χ0) is 25.8. The van der Waals surface area contributed by atoms with Crippen molar-refractivity contribution in [2.75, 3.05) is 37.3 Å². The van der Waals surface area contributed by atoms with Crippen LogP contribution in [0.15, 0.2) is 42.7 Å². The highest BCUT2D eigenvalue weighted by molar-refractivity contribution is 6.36. The summed E-state index contributed by atoms with van der Waals surface area (Å²) in [5.41, 5.74) is 2.67. The van der Waals surface area contributed by atoms with Crippen LogP contribution in [0.4, 0.5) is 11.5 Å². The van der Waals surface area contributed by atoms with Crippen LogP contribution >= 0.6 is 23.2 Å². The number of piperazine rings is 1. The third-order valence-corrected chi connectivity index (χ3v) is 7.63. The van der Waals surface area contributed by atoms with E-state index >= 15 is 0 Å². The Morgan fingerprint density at radius 1 is 1.14 bits per heavy atom. The zero-order valence-corrected chi connectivity index (χ0v) is 22.3. The Morgan fingerprint density at radius 2 is 1.97 bits per heavy atom. The molecule has 1 saturated carbocycles. The molecule has 0 radical (unpaired) electrons. The largest absolute Gasteiger partial charge is 0.367 e. The lowest BCUT2D eigenvalue weighted by Crippen LogP contribution is -2.50. The summed E-state index contributed by atoms with van der Waals surface area (Å²) in [7, 11) is 2.17. The Hall–Kier alpha value is -2.78. The maximum Gasteiger partial charge on any atom is 0.261 e. The molecular weight excluding hydrogens is 509 g/mol. The third-order valence-electron chi connectivity index (χ3n) is 7.08. The van der Waals surface area contributed by atoms with Crippen molar-refractivity contribution in [2.24, 2.45) is 0 Å². The molecule has 2 aromatic heterocycles. The van der Waals surface area contributed by atoms with Crippen LogP contribution in [0.1, 0.15) is 41.6 Å². The van der Waals surface area contributed by atoms with Gasteiger partial charge in [-0.3, -0.25) is 9.78 Å². The number of pyridine rings is 1. The highest BCUT2D eigenvalue weighted by Gasteiger charge is 2.22. The predicted molar refractivity (Wildman–Crippen MR) is 149 cm³/mol. The van der Waals surface area contributed by atoms with Crippen LogP contribution in [-0.4, -0.2) is 64.5 Å². The molecule has 1 aromatic carbocycles. The first-order valence-corrected chi connectivity index (χ1v) is 13.5. The van der Waals surface area contributed by atoms with Crippen LogP contribution < -0.4 is 16.0 Å². The lowest BCUT2D eigenvalue weighted by Gasteiger charge is -2.33. The topological polar surface area (TPSA) is 95.1 Å². The molecule has 0 bridgehead atoms. The van der Waals surface area contributed by atoms with Crippen LogP contribution in [-0.2, 0) is 6.42 Å². The number of carbonyl (C=O) groups is 1. The average Bonchev–Trinajstić information content (AvgIpc) is 3.40. The number of aromatic nitrogens is 3. The molecule has 1 aliphatic carbocycles. The molecule has 1 unspecified atom stereocenters. The number of hydrogen-bond acceptors (Lipinski definition) is 7. The molecule has 2 aliphatic rings. The number of rotatable bonds is 7. The van der Waals surface area contributed by atoms with E-state index in [1.165, 1.54) is 5.56 Å². The fourth-order valence-corrected chi connectivity index (χ4v) is 5.32. The lowest BCUT2D eigenvalue weighted by molar-refractivity contribution is 0.102. The first kappa shape index (κ1) is 25.9. The minimum atomic E-state index is -0.343. The molecule has 3 N–H and O–H groups in total. The molecule has 5 rings (SSSR count). The van der Waals surface area contributed by atoms with E-state index in [0.717, 1.165) is 51.7 Å². The molecule has 37 heavy (non-hydrogen) atoms. The summed E-state index contributed by atoms with van der Waals surface area (Å²) >= 11 is 12.3. The summed E-state index contributed by atoms with van der Waals surface area (Å²) in [5, 5.41) is 10.7. The van der Waals surface area contributed by atoms with E-state index < -0.39 is 0 Å². The number of likely N-dealkylation sites (N-methyl/N-ethyl adjacent to an activating group) is 1. The van der Waals surface area contributed by atoms with Gasteiger partial charge in [0, 0.05) is 49.1 Å². The molecule has 1 saturated heterocycles. The number of nitrogens with zero attached hydrogens (tertiary/aromatic N) is 4. The number of anilines is 2. The molecule has 3 heterocycles. The van der Waals surface area contributed by atoms with Crippen molar-refractivity contribution in [3.05, 3.63) is 63.9 Å². The van der Waals surface area contributed by atoms with Crippen LogP contribution in [0, 0.1) is 0 Å². The molecule has 1 atom stereocenters. The Labute approximate surface area is 227 Å². The van der Waals surface area contributed by atoms with E-state index in [0.29, 0.717) is 44.7 Å². The van der Waals surface area contributed by atoms with Crippen LogP contribution in [0.25, 0.3) is 11.5 Å². The summed E-state index contributed by atoms with van der Waals surface area (Å²) in [6.45, 7) is 3.05. The Bertz CT molecular complexity index is 1250. The second-order valence-electron chi connectivity index (χ2n) is 9.75. The minimum absolute atomic E-state index is 0.268. The summed E-state index contributed by atoms with van der Waals surface area (Å²) in [6.07, 6.45) is 8.78. The maximum atomic E-state index is 13.2. The first-order chi connectivity index (χ1) is 18.0.